The summed E-state index contributed by atoms with van der Waals surface area (Å²) in [6.45, 7) is 0.860. The van der Waals surface area contributed by atoms with Crippen LogP contribution in [0.15, 0.2) is 30.4 Å². The first-order valence-electron chi connectivity index (χ1n) is 6.40. The van der Waals surface area contributed by atoms with Gasteiger partial charge in [0.05, 0.1) is 7.11 Å². The highest BCUT2D eigenvalue weighted by Crippen LogP contribution is 2.25. The molecule has 0 N–H and O–H groups in total. The molecule has 0 aromatic heterocycles. The Bertz CT molecular complexity index is 431. The van der Waals surface area contributed by atoms with Crippen LogP contribution < -0.4 is 4.74 Å². The van der Waals surface area contributed by atoms with Gasteiger partial charge in [-0.1, -0.05) is 23.8 Å². The fraction of sp³-hybridized carbons (Fsp3) is 0.467. The van der Waals surface area contributed by atoms with Crippen LogP contribution in [0, 0.1) is 0 Å². The predicted molar refractivity (Wildman–Crippen MR) is 76.3 cm³/mol. The SMILES string of the molecule is COc1ccc(Cl)cc1CN(C)C1C=CCCC1. The quantitative estimate of drug-likeness (QED) is 0.766. The van der Waals surface area contributed by atoms with E-state index >= 15 is 0 Å². The van der Waals surface area contributed by atoms with Crippen LogP contribution >= 0.6 is 11.6 Å². The lowest BCUT2D eigenvalue weighted by Crippen LogP contribution is -2.30. The van der Waals surface area contributed by atoms with Gasteiger partial charge in [-0.3, -0.25) is 4.90 Å². The van der Waals surface area contributed by atoms with E-state index in [-0.39, 0.29) is 0 Å². The van der Waals surface area contributed by atoms with Crippen LogP contribution in [0.1, 0.15) is 24.8 Å². The third-order valence-corrected chi connectivity index (χ3v) is 3.69. The summed E-state index contributed by atoms with van der Waals surface area (Å²) in [7, 11) is 3.86. The van der Waals surface area contributed by atoms with Gasteiger partial charge in [0, 0.05) is 23.2 Å². The van der Waals surface area contributed by atoms with Crippen LogP contribution in [-0.4, -0.2) is 25.1 Å². The summed E-state index contributed by atoms with van der Waals surface area (Å²) >= 11 is 6.05. The molecule has 0 saturated heterocycles. The number of halogens is 1. The maximum atomic E-state index is 6.05. The van der Waals surface area contributed by atoms with Crippen molar-refractivity contribution >= 4 is 11.6 Å². The van der Waals surface area contributed by atoms with Gasteiger partial charge in [-0.25, -0.2) is 0 Å². The molecule has 2 rings (SSSR count). The molecule has 1 aliphatic carbocycles. The van der Waals surface area contributed by atoms with Crippen molar-refractivity contribution in [1.29, 1.82) is 0 Å². The molecule has 0 saturated carbocycles. The smallest absolute Gasteiger partial charge is 0.123 e. The van der Waals surface area contributed by atoms with Gasteiger partial charge in [-0.05, 0) is 44.5 Å². The number of ether oxygens (including phenoxy) is 1. The minimum Gasteiger partial charge on any atom is -0.496 e. The number of likely N-dealkylation sites (N-methyl/N-ethyl adjacent to an activating group) is 1. The average Bonchev–Trinajstić information content (AvgIpc) is 2.40. The Balaban J connectivity index is 2.10. The number of benzene rings is 1. The fourth-order valence-corrected chi connectivity index (χ4v) is 2.61. The van der Waals surface area contributed by atoms with Gasteiger partial charge in [-0.15, -0.1) is 0 Å². The number of hydrogen-bond acceptors (Lipinski definition) is 2. The zero-order valence-corrected chi connectivity index (χ0v) is 11.8. The lowest BCUT2D eigenvalue weighted by molar-refractivity contribution is 0.250. The molecule has 1 aromatic carbocycles. The van der Waals surface area contributed by atoms with E-state index in [1.165, 1.54) is 19.3 Å². The second-order valence-electron chi connectivity index (χ2n) is 4.80. The molecule has 0 heterocycles. The molecule has 0 radical (unpaired) electrons. The molecule has 0 aliphatic heterocycles. The van der Waals surface area contributed by atoms with E-state index in [1.807, 2.05) is 18.2 Å². The number of allylic oxidation sites excluding steroid dienone is 1. The Morgan fingerprint density at radius 2 is 2.28 bits per heavy atom. The van der Waals surface area contributed by atoms with Gasteiger partial charge < -0.3 is 4.74 Å². The Kier molecular flexibility index (Phi) is 4.67. The molecule has 0 amide bonds. The van der Waals surface area contributed by atoms with E-state index in [4.69, 9.17) is 16.3 Å². The van der Waals surface area contributed by atoms with Crippen LogP contribution in [0.2, 0.25) is 5.02 Å². The lowest BCUT2D eigenvalue weighted by Gasteiger charge is -2.28. The van der Waals surface area contributed by atoms with E-state index in [2.05, 4.69) is 24.1 Å². The van der Waals surface area contributed by atoms with Gasteiger partial charge in [0.25, 0.3) is 0 Å². The van der Waals surface area contributed by atoms with Gasteiger partial charge >= 0.3 is 0 Å². The third kappa shape index (κ3) is 3.27. The van der Waals surface area contributed by atoms with Gasteiger partial charge in [0.15, 0.2) is 0 Å². The molecule has 18 heavy (non-hydrogen) atoms. The zero-order chi connectivity index (χ0) is 13.0. The summed E-state index contributed by atoms with van der Waals surface area (Å²) in [6, 6.07) is 6.32. The summed E-state index contributed by atoms with van der Waals surface area (Å²) < 4.78 is 5.39. The molecular weight excluding hydrogens is 246 g/mol. The zero-order valence-electron chi connectivity index (χ0n) is 11.0. The van der Waals surface area contributed by atoms with Gasteiger partial charge in [0.1, 0.15) is 5.75 Å². The van der Waals surface area contributed by atoms with E-state index in [1.54, 1.807) is 7.11 Å². The largest absolute Gasteiger partial charge is 0.496 e. The Morgan fingerprint density at radius 1 is 1.44 bits per heavy atom. The van der Waals surface area contributed by atoms with Crippen molar-refractivity contribution in [3.63, 3.8) is 0 Å². The minimum atomic E-state index is 0.530. The molecule has 0 bridgehead atoms. The lowest BCUT2D eigenvalue weighted by atomic mass is 10.0. The Hall–Kier alpha value is -0.990. The first-order valence-corrected chi connectivity index (χ1v) is 6.78. The molecule has 98 valence electrons. The summed E-state index contributed by atoms with van der Waals surface area (Å²) in [5, 5.41) is 0.762. The maximum absolute atomic E-state index is 6.05. The van der Waals surface area contributed by atoms with Crippen LogP contribution in [0.3, 0.4) is 0 Å². The van der Waals surface area contributed by atoms with Crippen LogP contribution in [0.5, 0.6) is 5.75 Å². The minimum absolute atomic E-state index is 0.530. The summed E-state index contributed by atoms with van der Waals surface area (Å²) in [4.78, 5) is 2.35. The monoisotopic (exact) mass is 265 g/mol. The maximum Gasteiger partial charge on any atom is 0.123 e. The van der Waals surface area contributed by atoms with Crippen LogP contribution in [-0.2, 0) is 6.54 Å². The van der Waals surface area contributed by atoms with Crippen molar-refractivity contribution in [3.8, 4) is 5.75 Å². The van der Waals surface area contributed by atoms with E-state index in [0.717, 1.165) is 22.9 Å². The molecule has 2 nitrogen and oxygen atoms in total. The average molecular weight is 266 g/mol. The molecule has 1 atom stereocenters. The molecule has 1 aliphatic rings. The molecule has 3 heteroatoms. The first kappa shape index (κ1) is 13.4. The van der Waals surface area contributed by atoms with Crippen molar-refractivity contribution in [2.45, 2.75) is 31.8 Å². The molecule has 1 unspecified atom stereocenters. The Labute approximate surface area is 114 Å². The standard InChI is InChI=1S/C15H20ClNO/c1-17(14-6-4-3-5-7-14)11-12-10-13(16)8-9-15(12)18-2/h4,6,8-10,14H,3,5,7,11H2,1-2H3. The first-order chi connectivity index (χ1) is 8.70. The predicted octanol–water partition coefficient (Wildman–Crippen LogP) is 3.89. The molecule has 1 aromatic rings. The normalized spacial score (nSPS) is 19.2. The topological polar surface area (TPSA) is 12.5 Å². The second kappa shape index (κ2) is 6.26. The van der Waals surface area contributed by atoms with Crippen molar-refractivity contribution in [3.05, 3.63) is 40.9 Å². The van der Waals surface area contributed by atoms with Gasteiger partial charge in [0.2, 0.25) is 0 Å². The van der Waals surface area contributed by atoms with E-state index < -0.39 is 0 Å². The molecule has 0 spiro atoms. The molecular formula is C15H20ClNO. The summed E-state index contributed by atoms with van der Waals surface area (Å²) in [6.07, 6.45) is 8.30. The highest BCUT2D eigenvalue weighted by Gasteiger charge is 2.15. The number of hydrogen-bond donors (Lipinski definition) is 0. The van der Waals surface area contributed by atoms with Crippen molar-refractivity contribution in [1.82, 2.24) is 4.90 Å². The van der Waals surface area contributed by atoms with Crippen molar-refractivity contribution < 1.29 is 4.74 Å². The summed E-state index contributed by atoms with van der Waals surface area (Å²) in [5.74, 6) is 0.908. The summed E-state index contributed by atoms with van der Waals surface area (Å²) in [5.41, 5.74) is 1.14. The van der Waals surface area contributed by atoms with Crippen LogP contribution in [0.25, 0.3) is 0 Å². The number of rotatable bonds is 4. The Morgan fingerprint density at radius 3 is 2.94 bits per heavy atom. The van der Waals surface area contributed by atoms with Crippen LogP contribution in [0.4, 0.5) is 0 Å². The highest BCUT2D eigenvalue weighted by molar-refractivity contribution is 6.30. The van der Waals surface area contributed by atoms with Crippen molar-refractivity contribution in [2.24, 2.45) is 0 Å². The van der Waals surface area contributed by atoms with Gasteiger partial charge in [-0.2, -0.15) is 0 Å². The number of methoxy groups -OCH3 is 1. The fourth-order valence-electron chi connectivity index (χ4n) is 2.42. The van der Waals surface area contributed by atoms with E-state index in [9.17, 15) is 0 Å². The van der Waals surface area contributed by atoms with Crippen molar-refractivity contribution in [2.75, 3.05) is 14.2 Å². The number of nitrogens with zero attached hydrogens (tertiary/aromatic N) is 1. The molecule has 0 fully saturated rings. The van der Waals surface area contributed by atoms with E-state index in [0.29, 0.717) is 6.04 Å². The highest BCUT2D eigenvalue weighted by atomic mass is 35.5. The second-order valence-corrected chi connectivity index (χ2v) is 5.23. The third-order valence-electron chi connectivity index (χ3n) is 3.46.